The van der Waals surface area contributed by atoms with Crippen LogP contribution in [0.1, 0.15) is 20.3 Å². The number of hydrogen-bond acceptors (Lipinski definition) is 2. The molecule has 0 radical (unpaired) electrons. The van der Waals surface area contributed by atoms with Gasteiger partial charge in [-0.05, 0) is 13.3 Å². The number of halogens is 3. The van der Waals surface area contributed by atoms with Crippen LogP contribution in [0.15, 0.2) is 0 Å². The van der Waals surface area contributed by atoms with Gasteiger partial charge in [0.2, 0.25) is 0 Å². The van der Waals surface area contributed by atoms with Crippen LogP contribution in [0, 0.1) is 0 Å². The Morgan fingerprint density at radius 1 is 1.23 bits per heavy atom. The van der Waals surface area contributed by atoms with E-state index in [1.165, 1.54) is 0 Å². The number of nitrogens with one attached hydrogen (secondary N) is 1. The molecule has 0 amide bonds. The fraction of sp³-hybridized carbons (Fsp3) is 1.00. The van der Waals surface area contributed by atoms with Crippen molar-refractivity contribution in [3.63, 3.8) is 0 Å². The first-order chi connectivity index (χ1) is 5.74. The zero-order chi connectivity index (χ0) is 9.40. The molecule has 5 heteroatoms. The lowest BCUT2D eigenvalue weighted by Gasteiger charge is -2.25. The van der Waals surface area contributed by atoms with E-state index in [9.17, 15) is 0 Å². The first-order valence-electron chi connectivity index (χ1n) is 4.37. The molecular formula is C8H19Cl3N2. The number of alkyl halides is 2. The van der Waals surface area contributed by atoms with Crippen LogP contribution in [-0.4, -0.2) is 35.9 Å². The summed E-state index contributed by atoms with van der Waals surface area (Å²) in [6.07, 6.45) is 1.11. The number of hydrogen-bond donors (Lipinski definition) is 1. The average Bonchev–Trinajstić information content (AvgIpc) is 2.05. The van der Waals surface area contributed by atoms with Crippen molar-refractivity contribution in [2.45, 2.75) is 26.3 Å². The van der Waals surface area contributed by atoms with E-state index in [-0.39, 0.29) is 12.4 Å². The lowest BCUT2D eigenvalue weighted by Crippen LogP contribution is -2.45. The summed E-state index contributed by atoms with van der Waals surface area (Å²) in [6.45, 7) is 5.99. The zero-order valence-corrected chi connectivity index (χ0v) is 10.6. The minimum absolute atomic E-state index is 0. The quantitative estimate of drug-likeness (QED) is 0.551. The minimum Gasteiger partial charge on any atom is -0.252 e. The molecule has 0 spiro atoms. The van der Waals surface area contributed by atoms with Gasteiger partial charge < -0.3 is 0 Å². The van der Waals surface area contributed by atoms with Gasteiger partial charge in [-0.2, -0.15) is 0 Å². The summed E-state index contributed by atoms with van der Waals surface area (Å²) < 4.78 is 0. The molecule has 0 fully saturated rings. The molecule has 0 saturated heterocycles. The molecule has 1 atom stereocenters. The maximum absolute atomic E-state index is 5.63. The predicted molar refractivity (Wildman–Crippen MR) is 63.1 cm³/mol. The highest BCUT2D eigenvalue weighted by atomic mass is 35.5. The van der Waals surface area contributed by atoms with Gasteiger partial charge in [-0.1, -0.05) is 6.92 Å². The molecule has 0 rings (SSSR count). The van der Waals surface area contributed by atoms with Crippen LogP contribution in [0.25, 0.3) is 0 Å². The molecule has 0 aromatic rings. The molecule has 82 valence electrons. The van der Waals surface area contributed by atoms with E-state index < -0.39 is 0 Å². The Balaban J connectivity index is 0. The third-order valence-electron chi connectivity index (χ3n) is 1.72. The highest BCUT2D eigenvalue weighted by Crippen LogP contribution is 1.93. The Morgan fingerprint density at radius 2 is 1.69 bits per heavy atom. The zero-order valence-electron chi connectivity index (χ0n) is 8.22. The molecule has 1 N–H and O–H groups in total. The fourth-order valence-electron chi connectivity index (χ4n) is 0.848. The van der Waals surface area contributed by atoms with Crippen LogP contribution in [0.2, 0.25) is 0 Å². The Bertz CT molecular complexity index is 97.4. The normalized spacial score (nSPS) is 12.7. The molecule has 0 aromatic heterocycles. The van der Waals surface area contributed by atoms with Crippen LogP contribution >= 0.6 is 35.6 Å². The standard InChI is InChI=1S/C8H18Cl2N2.ClH/c1-3-8(2)11-12(6-4-9)7-5-10;/h8,11H,3-7H2,1-2H3;1H. The Hall–Kier alpha value is 0.790. The van der Waals surface area contributed by atoms with Gasteiger partial charge in [0.15, 0.2) is 0 Å². The maximum atomic E-state index is 5.63. The minimum atomic E-state index is 0. The Kier molecular flexibility index (Phi) is 13.6. The molecule has 13 heavy (non-hydrogen) atoms. The first-order valence-corrected chi connectivity index (χ1v) is 5.44. The van der Waals surface area contributed by atoms with Crippen LogP contribution in [0.4, 0.5) is 0 Å². The van der Waals surface area contributed by atoms with Crippen molar-refractivity contribution in [1.29, 1.82) is 0 Å². The second-order valence-electron chi connectivity index (χ2n) is 2.80. The summed E-state index contributed by atoms with van der Waals surface area (Å²) in [4.78, 5) is 0. The van der Waals surface area contributed by atoms with Gasteiger partial charge in [0.25, 0.3) is 0 Å². The van der Waals surface area contributed by atoms with Gasteiger partial charge >= 0.3 is 0 Å². The fourth-order valence-corrected chi connectivity index (χ4v) is 1.26. The van der Waals surface area contributed by atoms with Gasteiger partial charge in [-0.15, -0.1) is 35.6 Å². The van der Waals surface area contributed by atoms with Gasteiger partial charge in [0.05, 0.1) is 0 Å². The van der Waals surface area contributed by atoms with Crippen molar-refractivity contribution in [3.05, 3.63) is 0 Å². The van der Waals surface area contributed by atoms with E-state index in [1.807, 2.05) is 0 Å². The number of hydrazine groups is 1. The van der Waals surface area contributed by atoms with Gasteiger partial charge in [-0.25, -0.2) is 5.01 Å². The monoisotopic (exact) mass is 248 g/mol. The topological polar surface area (TPSA) is 15.3 Å². The maximum Gasteiger partial charge on any atom is 0.0365 e. The van der Waals surface area contributed by atoms with E-state index in [2.05, 4.69) is 24.3 Å². The van der Waals surface area contributed by atoms with Crippen molar-refractivity contribution in [2.24, 2.45) is 0 Å². The van der Waals surface area contributed by atoms with E-state index >= 15 is 0 Å². The van der Waals surface area contributed by atoms with E-state index in [1.54, 1.807) is 0 Å². The van der Waals surface area contributed by atoms with Crippen molar-refractivity contribution in [3.8, 4) is 0 Å². The summed E-state index contributed by atoms with van der Waals surface area (Å²) in [7, 11) is 0. The molecule has 0 heterocycles. The third kappa shape index (κ3) is 9.10. The highest BCUT2D eigenvalue weighted by Gasteiger charge is 2.05. The van der Waals surface area contributed by atoms with Gasteiger partial charge in [0.1, 0.15) is 0 Å². The molecule has 2 nitrogen and oxygen atoms in total. The van der Waals surface area contributed by atoms with E-state index in [0.29, 0.717) is 17.8 Å². The van der Waals surface area contributed by atoms with Gasteiger partial charge in [0, 0.05) is 30.9 Å². The number of nitrogens with zero attached hydrogens (tertiary/aromatic N) is 1. The van der Waals surface area contributed by atoms with Gasteiger partial charge in [-0.3, -0.25) is 5.43 Å². The smallest absolute Gasteiger partial charge is 0.0365 e. The molecule has 0 aliphatic heterocycles. The SMILES string of the molecule is CCC(C)NN(CCCl)CCCl.Cl. The lowest BCUT2D eigenvalue weighted by molar-refractivity contribution is 0.180. The van der Waals surface area contributed by atoms with Crippen molar-refractivity contribution < 1.29 is 0 Å². The van der Waals surface area contributed by atoms with Crippen molar-refractivity contribution in [1.82, 2.24) is 10.4 Å². The Labute approximate surface area is 97.3 Å². The third-order valence-corrected chi connectivity index (χ3v) is 2.06. The van der Waals surface area contributed by atoms with E-state index in [4.69, 9.17) is 23.2 Å². The second-order valence-corrected chi connectivity index (χ2v) is 3.56. The average molecular weight is 250 g/mol. The summed E-state index contributed by atoms with van der Waals surface area (Å²) >= 11 is 11.3. The predicted octanol–water partition coefficient (Wildman–Crippen LogP) is 2.49. The van der Waals surface area contributed by atoms with Crippen LogP contribution in [0.3, 0.4) is 0 Å². The summed E-state index contributed by atoms with van der Waals surface area (Å²) in [5, 5.41) is 2.08. The molecule has 0 aliphatic rings. The second kappa shape index (κ2) is 10.9. The molecular weight excluding hydrogens is 230 g/mol. The summed E-state index contributed by atoms with van der Waals surface area (Å²) in [5.74, 6) is 1.28. The highest BCUT2D eigenvalue weighted by molar-refractivity contribution is 6.18. The first kappa shape index (κ1) is 16.2. The van der Waals surface area contributed by atoms with Crippen LogP contribution < -0.4 is 5.43 Å². The molecule has 0 aromatic carbocycles. The van der Waals surface area contributed by atoms with Crippen LogP contribution in [0.5, 0.6) is 0 Å². The largest absolute Gasteiger partial charge is 0.252 e. The summed E-state index contributed by atoms with van der Waals surface area (Å²) in [5.41, 5.74) is 3.33. The molecule has 0 aliphatic carbocycles. The van der Waals surface area contributed by atoms with Crippen molar-refractivity contribution >= 4 is 35.6 Å². The molecule has 0 bridgehead atoms. The number of rotatable bonds is 7. The lowest BCUT2D eigenvalue weighted by atomic mass is 10.3. The molecule has 1 unspecified atom stereocenters. The van der Waals surface area contributed by atoms with E-state index in [0.717, 1.165) is 19.5 Å². The van der Waals surface area contributed by atoms with Crippen LogP contribution in [-0.2, 0) is 0 Å². The Morgan fingerprint density at radius 3 is 2.00 bits per heavy atom. The summed E-state index contributed by atoms with van der Waals surface area (Å²) in [6, 6.07) is 0.497. The van der Waals surface area contributed by atoms with Crippen molar-refractivity contribution in [2.75, 3.05) is 24.8 Å². The molecule has 0 saturated carbocycles.